The van der Waals surface area contributed by atoms with Gasteiger partial charge in [0, 0.05) is 24.9 Å². The highest BCUT2D eigenvalue weighted by atomic mass is 16.2. The van der Waals surface area contributed by atoms with Gasteiger partial charge >= 0.3 is 0 Å². The zero-order valence-electron chi connectivity index (χ0n) is 13.5. The summed E-state index contributed by atoms with van der Waals surface area (Å²) in [6.07, 6.45) is 1.21. The second kappa shape index (κ2) is 7.81. The summed E-state index contributed by atoms with van der Waals surface area (Å²) in [7, 11) is 0. The van der Waals surface area contributed by atoms with Crippen LogP contribution in [0.1, 0.15) is 38.3 Å². The minimum atomic E-state index is -0.393. The quantitative estimate of drug-likeness (QED) is 0.789. The number of aryl methyl sites for hydroxylation is 2. The summed E-state index contributed by atoms with van der Waals surface area (Å²) in [6.45, 7) is 8.57. The van der Waals surface area contributed by atoms with Gasteiger partial charge in [-0.15, -0.1) is 0 Å². The second-order valence-electron chi connectivity index (χ2n) is 6.34. The minimum absolute atomic E-state index is 0.00333. The van der Waals surface area contributed by atoms with E-state index < -0.39 is 5.41 Å². The first-order valence-corrected chi connectivity index (χ1v) is 7.39. The summed E-state index contributed by atoms with van der Waals surface area (Å²) in [5.41, 5.74) is 1.99. The summed E-state index contributed by atoms with van der Waals surface area (Å²) in [5.74, 6) is 0.0111. The Hall–Kier alpha value is -1.84. The zero-order chi connectivity index (χ0) is 15.9. The molecule has 4 nitrogen and oxygen atoms in total. The number of benzene rings is 1. The van der Waals surface area contributed by atoms with Crippen molar-refractivity contribution in [1.29, 1.82) is 0 Å². The number of nitrogens with one attached hydrogen (secondary N) is 2. The molecular weight excluding hydrogens is 264 g/mol. The van der Waals surface area contributed by atoms with E-state index in [9.17, 15) is 9.59 Å². The van der Waals surface area contributed by atoms with Crippen LogP contribution >= 0.6 is 0 Å². The summed E-state index contributed by atoms with van der Waals surface area (Å²) < 4.78 is 0. The molecule has 0 saturated carbocycles. The van der Waals surface area contributed by atoms with Crippen molar-refractivity contribution in [3.63, 3.8) is 0 Å². The number of rotatable bonds is 6. The fraction of sp³-hybridized carbons (Fsp3) is 0.529. The largest absolute Gasteiger partial charge is 0.354 e. The molecule has 0 radical (unpaired) electrons. The average molecular weight is 290 g/mol. The van der Waals surface area contributed by atoms with E-state index in [4.69, 9.17) is 0 Å². The molecule has 1 aromatic carbocycles. The molecular formula is C17H26N2O2. The Bertz CT molecular complexity index is 473. The predicted molar refractivity (Wildman–Crippen MR) is 85.0 cm³/mol. The monoisotopic (exact) mass is 290 g/mol. The molecule has 1 aromatic rings. The Morgan fingerprint density at radius 1 is 1.00 bits per heavy atom. The van der Waals surface area contributed by atoms with Gasteiger partial charge in [0.1, 0.15) is 0 Å². The van der Waals surface area contributed by atoms with Crippen molar-refractivity contribution in [2.24, 2.45) is 5.41 Å². The summed E-state index contributed by atoms with van der Waals surface area (Å²) >= 11 is 0. The van der Waals surface area contributed by atoms with Gasteiger partial charge in [-0.05, 0) is 18.9 Å². The first-order valence-electron chi connectivity index (χ1n) is 7.39. The summed E-state index contributed by atoms with van der Waals surface area (Å²) in [5, 5.41) is 5.62. The molecule has 1 rings (SSSR count). The fourth-order valence-electron chi connectivity index (χ4n) is 1.74. The summed E-state index contributed by atoms with van der Waals surface area (Å²) in [6, 6.07) is 8.20. The maximum absolute atomic E-state index is 11.7. The minimum Gasteiger partial charge on any atom is -0.354 e. The third-order valence-electron chi connectivity index (χ3n) is 3.18. The zero-order valence-corrected chi connectivity index (χ0v) is 13.5. The molecule has 0 saturated heterocycles. The van der Waals surface area contributed by atoms with Gasteiger partial charge in [0.15, 0.2) is 0 Å². The molecule has 0 aliphatic carbocycles. The maximum atomic E-state index is 11.7. The van der Waals surface area contributed by atoms with Crippen LogP contribution in [0.25, 0.3) is 0 Å². The molecule has 0 aliphatic heterocycles. The first-order chi connectivity index (χ1) is 9.79. The van der Waals surface area contributed by atoms with Crippen LogP contribution in [-0.2, 0) is 16.0 Å². The van der Waals surface area contributed by atoms with Crippen molar-refractivity contribution >= 4 is 11.8 Å². The van der Waals surface area contributed by atoms with Gasteiger partial charge in [0.2, 0.25) is 11.8 Å². The lowest BCUT2D eigenvalue weighted by Crippen LogP contribution is -2.39. The van der Waals surface area contributed by atoms with E-state index in [1.165, 1.54) is 5.56 Å². The number of hydrogen-bond donors (Lipinski definition) is 2. The van der Waals surface area contributed by atoms with E-state index in [1.54, 1.807) is 0 Å². The lowest BCUT2D eigenvalue weighted by molar-refractivity contribution is -0.128. The van der Waals surface area contributed by atoms with Crippen LogP contribution in [0.4, 0.5) is 0 Å². The maximum Gasteiger partial charge on any atom is 0.225 e. The second-order valence-corrected chi connectivity index (χ2v) is 6.34. The van der Waals surface area contributed by atoms with E-state index in [2.05, 4.69) is 22.8 Å². The molecule has 21 heavy (non-hydrogen) atoms. The number of hydrogen-bond acceptors (Lipinski definition) is 2. The van der Waals surface area contributed by atoms with Crippen molar-refractivity contribution in [3.05, 3.63) is 35.4 Å². The molecule has 2 N–H and O–H groups in total. The highest BCUT2D eigenvalue weighted by molar-refractivity contribution is 5.81. The molecule has 0 aliphatic rings. The van der Waals surface area contributed by atoms with Gasteiger partial charge in [0.25, 0.3) is 0 Å². The Balaban J connectivity index is 2.17. The molecule has 0 unspecified atom stereocenters. The van der Waals surface area contributed by atoms with Crippen molar-refractivity contribution in [2.45, 2.75) is 40.5 Å². The van der Waals surface area contributed by atoms with Crippen molar-refractivity contribution in [1.82, 2.24) is 10.6 Å². The Kier molecular flexibility index (Phi) is 6.40. The number of amides is 2. The van der Waals surface area contributed by atoms with E-state index in [-0.39, 0.29) is 11.8 Å². The van der Waals surface area contributed by atoms with E-state index in [1.807, 2.05) is 39.8 Å². The smallest absolute Gasteiger partial charge is 0.225 e. The van der Waals surface area contributed by atoms with Crippen LogP contribution in [0.2, 0.25) is 0 Å². The van der Waals surface area contributed by atoms with Gasteiger partial charge in [-0.1, -0.05) is 50.6 Å². The predicted octanol–water partition coefficient (Wildman–Crippen LogP) is 2.21. The lowest BCUT2D eigenvalue weighted by Gasteiger charge is -2.17. The topological polar surface area (TPSA) is 58.2 Å². The van der Waals surface area contributed by atoms with Crippen LogP contribution in [0.15, 0.2) is 24.3 Å². The fourth-order valence-corrected chi connectivity index (χ4v) is 1.74. The van der Waals surface area contributed by atoms with Gasteiger partial charge < -0.3 is 10.6 Å². The van der Waals surface area contributed by atoms with Crippen LogP contribution in [-0.4, -0.2) is 24.9 Å². The highest BCUT2D eigenvalue weighted by Gasteiger charge is 2.20. The van der Waals surface area contributed by atoms with Crippen molar-refractivity contribution in [2.75, 3.05) is 13.1 Å². The molecule has 0 spiro atoms. The third-order valence-corrected chi connectivity index (χ3v) is 3.18. The van der Waals surface area contributed by atoms with E-state index in [0.29, 0.717) is 19.5 Å². The van der Waals surface area contributed by atoms with Crippen LogP contribution in [0.5, 0.6) is 0 Å². The summed E-state index contributed by atoms with van der Waals surface area (Å²) in [4.78, 5) is 23.3. The van der Waals surface area contributed by atoms with Crippen molar-refractivity contribution < 1.29 is 9.59 Å². The average Bonchev–Trinajstić information content (AvgIpc) is 2.41. The molecule has 116 valence electrons. The van der Waals surface area contributed by atoms with Gasteiger partial charge in [-0.25, -0.2) is 0 Å². The van der Waals surface area contributed by atoms with Crippen LogP contribution in [0, 0.1) is 12.3 Å². The molecule has 0 bridgehead atoms. The van der Waals surface area contributed by atoms with Crippen LogP contribution < -0.4 is 10.6 Å². The van der Waals surface area contributed by atoms with E-state index >= 15 is 0 Å². The molecule has 0 heterocycles. The standard InChI is InChI=1S/C17H26N2O2/c1-13-5-7-14(8-6-13)9-10-15(20)18-11-12-19-16(21)17(2,3)4/h5-8H,9-12H2,1-4H3,(H,18,20)(H,19,21). The van der Waals surface area contributed by atoms with Gasteiger partial charge in [-0.3, -0.25) is 9.59 Å². The number of carbonyl (C=O) groups is 2. The van der Waals surface area contributed by atoms with E-state index in [0.717, 1.165) is 12.0 Å². The van der Waals surface area contributed by atoms with Gasteiger partial charge in [-0.2, -0.15) is 0 Å². The van der Waals surface area contributed by atoms with Crippen LogP contribution in [0.3, 0.4) is 0 Å². The highest BCUT2D eigenvalue weighted by Crippen LogP contribution is 2.11. The molecule has 0 aromatic heterocycles. The third kappa shape index (κ3) is 6.93. The van der Waals surface area contributed by atoms with Crippen molar-refractivity contribution in [3.8, 4) is 0 Å². The van der Waals surface area contributed by atoms with Gasteiger partial charge in [0.05, 0.1) is 0 Å². The normalized spacial score (nSPS) is 11.0. The SMILES string of the molecule is Cc1ccc(CCC(=O)NCCNC(=O)C(C)(C)C)cc1. The Labute approximate surface area is 127 Å². The number of carbonyl (C=O) groups excluding carboxylic acids is 2. The molecule has 0 fully saturated rings. The molecule has 0 atom stereocenters. The Morgan fingerprint density at radius 3 is 2.14 bits per heavy atom. The molecule has 4 heteroatoms. The lowest BCUT2D eigenvalue weighted by atomic mass is 9.96. The first kappa shape index (κ1) is 17.2. The molecule has 2 amide bonds. The Morgan fingerprint density at radius 2 is 1.57 bits per heavy atom.